The monoisotopic (exact) mass is 368 g/mol. The standard InChI is InChI=1S/C18H22F2N2O4/c19-12-2-1-11(15(20)7-12)8-18(26)9-13-3-4-14(10-18)22(13)17(25)21-6-5-16(23)24/h1-2,7,13-14,26H,3-6,8-10H2,(H,21,25)(H,23,24). The Bertz CT molecular complexity index is 698. The van der Waals surface area contributed by atoms with E-state index in [1.165, 1.54) is 12.1 Å². The summed E-state index contributed by atoms with van der Waals surface area (Å²) < 4.78 is 27.0. The largest absolute Gasteiger partial charge is 0.481 e. The van der Waals surface area contributed by atoms with Crippen LogP contribution in [0.4, 0.5) is 13.6 Å². The van der Waals surface area contributed by atoms with Gasteiger partial charge in [-0.2, -0.15) is 0 Å². The molecule has 2 fully saturated rings. The van der Waals surface area contributed by atoms with Gasteiger partial charge >= 0.3 is 12.0 Å². The van der Waals surface area contributed by atoms with Gasteiger partial charge in [-0.15, -0.1) is 0 Å². The van der Waals surface area contributed by atoms with Gasteiger partial charge in [0.15, 0.2) is 0 Å². The molecule has 8 heteroatoms. The summed E-state index contributed by atoms with van der Waals surface area (Å²) in [6.45, 7) is 0.0508. The molecule has 142 valence electrons. The number of halogens is 2. The summed E-state index contributed by atoms with van der Waals surface area (Å²) in [5, 5.41) is 22.2. The lowest BCUT2D eigenvalue weighted by Crippen LogP contribution is -2.56. The van der Waals surface area contributed by atoms with Crippen molar-refractivity contribution in [2.24, 2.45) is 0 Å². The molecule has 6 nitrogen and oxygen atoms in total. The summed E-state index contributed by atoms with van der Waals surface area (Å²) in [4.78, 5) is 24.6. The molecule has 1 aromatic rings. The van der Waals surface area contributed by atoms with Crippen LogP contribution < -0.4 is 5.32 Å². The van der Waals surface area contributed by atoms with Crippen molar-refractivity contribution in [2.45, 2.75) is 56.2 Å². The Kier molecular flexibility index (Phi) is 5.13. The number of hydrogen-bond donors (Lipinski definition) is 3. The van der Waals surface area contributed by atoms with E-state index in [0.717, 1.165) is 18.9 Å². The number of benzene rings is 1. The third kappa shape index (κ3) is 3.95. The molecule has 0 aromatic heterocycles. The highest BCUT2D eigenvalue weighted by Crippen LogP contribution is 2.42. The number of nitrogens with zero attached hydrogens (tertiary/aromatic N) is 1. The van der Waals surface area contributed by atoms with Gasteiger partial charge in [-0.25, -0.2) is 13.6 Å². The Morgan fingerprint density at radius 3 is 2.46 bits per heavy atom. The van der Waals surface area contributed by atoms with Crippen LogP contribution >= 0.6 is 0 Å². The van der Waals surface area contributed by atoms with E-state index in [0.29, 0.717) is 12.8 Å². The Labute approximate surface area is 149 Å². The summed E-state index contributed by atoms with van der Waals surface area (Å²) in [5.41, 5.74) is -0.893. The number of carboxylic acids is 1. The predicted octanol–water partition coefficient (Wildman–Crippen LogP) is 2.05. The normalized spacial score (nSPS) is 27.4. The topological polar surface area (TPSA) is 89.9 Å². The smallest absolute Gasteiger partial charge is 0.317 e. The van der Waals surface area contributed by atoms with Crippen LogP contribution in [0.3, 0.4) is 0 Å². The summed E-state index contributed by atoms with van der Waals surface area (Å²) in [7, 11) is 0. The van der Waals surface area contributed by atoms with Crippen molar-refractivity contribution in [1.29, 1.82) is 0 Å². The number of carboxylic acid groups (broad SMARTS) is 1. The average molecular weight is 368 g/mol. The van der Waals surface area contributed by atoms with Gasteiger partial charge in [0.1, 0.15) is 11.6 Å². The molecule has 0 spiro atoms. The van der Waals surface area contributed by atoms with Gasteiger partial charge in [0.2, 0.25) is 0 Å². The number of urea groups is 1. The molecule has 3 rings (SSSR count). The molecule has 2 amide bonds. The van der Waals surface area contributed by atoms with Crippen LogP contribution in [-0.4, -0.2) is 51.3 Å². The second kappa shape index (κ2) is 7.19. The molecule has 0 radical (unpaired) electrons. The number of amides is 2. The third-order valence-corrected chi connectivity index (χ3v) is 5.24. The van der Waals surface area contributed by atoms with Crippen molar-refractivity contribution in [3.63, 3.8) is 0 Å². The zero-order valence-corrected chi connectivity index (χ0v) is 14.3. The molecule has 26 heavy (non-hydrogen) atoms. The number of fused-ring (bicyclic) bond motifs is 2. The second-order valence-corrected chi connectivity index (χ2v) is 7.21. The van der Waals surface area contributed by atoms with Crippen molar-refractivity contribution in [1.82, 2.24) is 10.2 Å². The summed E-state index contributed by atoms with van der Waals surface area (Å²) in [6.07, 6.45) is 2.03. The second-order valence-electron chi connectivity index (χ2n) is 7.21. The van der Waals surface area contributed by atoms with Crippen molar-refractivity contribution in [3.05, 3.63) is 35.4 Å². The molecule has 2 bridgehead atoms. The average Bonchev–Trinajstić information content (AvgIpc) is 2.83. The van der Waals surface area contributed by atoms with Crippen LogP contribution in [0.2, 0.25) is 0 Å². The van der Waals surface area contributed by atoms with Gasteiger partial charge in [0, 0.05) is 31.1 Å². The minimum Gasteiger partial charge on any atom is -0.481 e. The number of nitrogens with one attached hydrogen (secondary N) is 1. The third-order valence-electron chi connectivity index (χ3n) is 5.24. The molecular formula is C18H22F2N2O4. The van der Waals surface area contributed by atoms with Gasteiger partial charge in [-0.05, 0) is 37.3 Å². The fourth-order valence-corrected chi connectivity index (χ4v) is 4.19. The summed E-state index contributed by atoms with van der Waals surface area (Å²) >= 11 is 0. The van der Waals surface area contributed by atoms with Gasteiger partial charge in [-0.3, -0.25) is 4.79 Å². The number of carbonyl (C=O) groups is 2. The van der Waals surface area contributed by atoms with Crippen LogP contribution in [0.1, 0.15) is 37.7 Å². The zero-order chi connectivity index (χ0) is 18.9. The van der Waals surface area contributed by atoms with Gasteiger partial charge < -0.3 is 20.4 Å². The maximum atomic E-state index is 13.9. The molecule has 0 saturated carbocycles. The van der Waals surface area contributed by atoms with E-state index in [4.69, 9.17) is 5.11 Å². The molecular weight excluding hydrogens is 346 g/mol. The van der Waals surface area contributed by atoms with E-state index in [2.05, 4.69) is 5.32 Å². The number of piperidine rings is 1. The molecule has 2 heterocycles. The van der Waals surface area contributed by atoms with Crippen LogP contribution in [-0.2, 0) is 11.2 Å². The number of hydrogen-bond acceptors (Lipinski definition) is 3. The minimum absolute atomic E-state index is 0.0508. The Morgan fingerprint density at radius 1 is 1.23 bits per heavy atom. The van der Waals surface area contributed by atoms with Crippen molar-refractivity contribution < 1.29 is 28.6 Å². The molecule has 2 aliphatic rings. The minimum atomic E-state index is -1.15. The first-order chi connectivity index (χ1) is 12.3. The Balaban J connectivity index is 1.65. The number of carbonyl (C=O) groups excluding carboxylic acids is 1. The van der Waals surface area contributed by atoms with Gasteiger partial charge in [0.05, 0.1) is 12.0 Å². The fourth-order valence-electron chi connectivity index (χ4n) is 4.19. The lowest BCUT2D eigenvalue weighted by Gasteiger charge is -2.43. The first kappa shape index (κ1) is 18.6. The maximum absolute atomic E-state index is 13.9. The van der Waals surface area contributed by atoms with E-state index >= 15 is 0 Å². The molecule has 3 N–H and O–H groups in total. The van der Waals surface area contributed by atoms with Crippen LogP contribution in [0.5, 0.6) is 0 Å². The molecule has 2 unspecified atom stereocenters. The lowest BCUT2D eigenvalue weighted by molar-refractivity contribution is -0.136. The van der Waals surface area contributed by atoms with Gasteiger partial charge in [-0.1, -0.05) is 6.07 Å². The van der Waals surface area contributed by atoms with Crippen LogP contribution in [0, 0.1) is 11.6 Å². The van der Waals surface area contributed by atoms with Crippen molar-refractivity contribution >= 4 is 12.0 Å². The first-order valence-electron chi connectivity index (χ1n) is 8.72. The van der Waals surface area contributed by atoms with E-state index in [9.17, 15) is 23.5 Å². The van der Waals surface area contributed by atoms with E-state index in [1.807, 2.05) is 0 Å². The Hall–Kier alpha value is -2.22. The van der Waals surface area contributed by atoms with E-state index in [1.54, 1.807) is 4.90 Å². The molecule has 1 aromatic carbocycles. The summed E-state index contributed by atoms with van der Waals surface area (Å²) in [5.74, 6) is -2.33. The Morgan fingerprint density at radius 2 is 1.88 bits per heavy atom. The highest BCUT2D eigenvalue weighted by atomic mass is 19.1. The van der Waals surface area contributed by atoms with Crippen molar-refractivity contribution in [3.8, 4) is 0 Å². The summed E-state index contributed by atoms with van der Waals surface area (Å²) in [6, 6.07) is 2.64. The quantitative estimate of drug-likeness (QED) is 0.742. The molecule has 0 aliphatic carbocycles. The molecule has 2 atom stereocenters. The molecule has 2 saturated heterocycles. The fraction of sp³-hybridized carbons (Fsp3) is 0.556. The zero-order valence-electron chi connectivity index (χ0n) is 14.3. The predicted molar refractivity (Wildman–Crippen MR) is 88.5 cm³/mol. The SMILES string of the molecule is O=C(O)CCNC(=O)N1C2CCC1CC(O)(Cc1ccc(F)cc1F)C2. The number of aliphatic hydroxyl groups is 1. The maximum Gasteiger partial charge on any atom is 0.317 e. The number of aliphatic carboxylic acids is 1. The van der Waals surface area contributed by atoms with Crippen LogP contribution in [0.25, 0.3) is 0 Å². The van der Waals surface area contributed by atoms with Crippen molar-refractivity contribution in [2.75, 3.05) is 6.54 Å². The highest BCUT2D eigenvalue weighted by Gasteiger charge is 2.49. The first-order valence-corrected chi connectivity index (χ1v) is 8.72. The van der Waals surface area contributed by atoms with Crippen LogP contribution in [0.15, 0.2) is 18.2 Å². The molecule has 2 aliphatic heterocycles. The van der Waals surface area contributed by atoms with E-state index in [-0.39, 0.29) is 43.1 Å². The van der Waals surface area contributed by atoms with Gasteiger partial charge in [0.25, 0.3) is 0 Å². The lowest BCUT2D eigenvalue weighted by atomic mass is 9.81. The highest BCUT2D eigenvalue weighted by molar-refractivity contribution is 5.76. The number of rotatable bonds is 5. The van der Waals surface area contributed by atoms with E-state index < -0.39 is 23.2 Å².